The van der Waals surface area contributed by atoms with Crippen LogP contribution in [0.2, 0.25) is 0 Å². The Bertz CT molecular complexity index is 526. The van der Waals surface area contributed by atoms with E-state index in [2.05, 4.69) is 5.32 Å². The van der Waals surface area contributed by atoms with Gasteiger partial charge in [0.1, 0.15) is 4.21 Å². The second-order valence-electron chi connectivity index (χ2n) is 4.71. The number of thiophene rings is 1. The molecule has 1 aromatic heterocycles. The number of aryl methyl sites for hydroxylation is 1. The monoisotopic (exact) mass is 320 g/mol. The van der Waals surface area contributed by atoms with Crippen LogP contribution in [0.4, 0.5) is 0 Å². The summed E-state index contributed by atoms with van der Waals surface area (Å²) in [7, 11) is -0.0143. The average molecular weight is 320 g/mol. The van der Waals surface area contributed by atoms with Crippen LogP contribution in [0, 0.1) is 6.92 Å². The quantitative estimate of drug-likeness (QED) is 0.794. The molecular formula is C13H24N2O3S2. The molecular weight excluding hydrogens is 296 g/mol. The normalized spacial score (nSPS) is 13.9. The smallest absolute Gasteiger partial charge is 0.252 e. The summed E-state index contributed by atoms with van der Waals surface area (Å²) in [6.07, 6.45) is 0. The minimum Gasteiger partial charge on any atom is -0.383 e. The van der Waals surface area contributed by atoms with Crippen molar-refractivity contribution in [2.24, 2.45) is 0 Å². The van der Waals surface area contributed by atoms with E-state index in [1.54, 1.807) is 13.2 Å². The van der Waals surface area contributed by atoms with Gasteiger partial charge in [-0.25, -0.2) is 8.42 Å². The standard InChI is InChI=1S/C13H24N2O3S2/c1-6-15(11(3)9-18-5)20(16,17)13-7-10(2)12(19-13)8-14-4/h7,11,14H,6,8-9H2,1-5H3. The Morgan fingerprint density at radius 2 is 2.15 bits per heavy atom. The van der Waals surface area contributed by atoms with Gasteiger partial charge in [-0.05, 0) is 32.5 Å². The Labute approximate surface area is 126 Å². The van der Waals surface area contributed by atoms with Crippen molar-refractivity contribution in [1.29, 1.82) is 0 Å². The lowest BCUT2D eigenvalue weighted by molar-refractivity contribution is 0.143. The topological polar surface area (TPSA) is 58.6 Å². The summed E-state index contributed by atoms with van der Waals surface area (Å²) in [4.78, 5) is 1.06. The zero-order valence-electron chi connectivity index (χ0n) is 12.8. The SMILES string of the molecule is CCN(C(C)COC)S(=O)(=O)c1cc(C)c(CNC)s1. The van der Waals surface area contributed by atoms with Crippen molar-refractivity contribution in [2.75, 3.05) is 27.3 Å². The highest BCUT2D eigenvalue weighted by Crippen LogP contribution is 2.29. The highest BCUT2D eigenvalue weighted by molar-refractivity contribution is 7.91. The fraction of sp³-hybridized carbons (Fsp3) is 0.692. The van der Waals surface area contributed by atoms with Gasteiger partial charge in [-0.1, -0.05) is 6.92 Å². The third-order valence-electron chi connectivity index (χ3n) is 3.11. The van der Waals surface area contributed by atoms with Crippen molar-refractivity contribution < 1.29 is 13.2 Å². The van der Waals surface area contributed by atoms with Gasteiger partial charge in [-0.2, -0.15) is 4.31 Å². The van der Waals surface area contributed by atoms with Gasteiger partial charge >= 0.3 is 0 Å². The molecule has 1 unspecified atom stereocenters. The van der Waals surface area contributed by atoms with Crippen LogP contribution in [0.1, 0.15) is 24.3 Å². The van der Waals surface area contributed by atoms with E-state index in [0.29, 0.717) is 23.9 Å². The van der Waals surface area contributed by atoms with Crippen molar-refractivity contribution in [2.45, 2.75) is 37.6 Å². The number of rotatable bonds is 8. The Morgan fingerprint density at radius 3 is 2.65 bits per heavy atom. The number of sulfonamides is 1. The van der Waals surface area contributed by atoms with Crippen molar-refractivity contribution in [3.63, 3.8) is 0 Å². The van der Waals surface area contributed by atoms with Gasteiger partial charge in [0.2, 0.25) is 0 Å². The maximum atomic E-state index is 12.7. The lowest BCUT2D eigenvalue weighted by Crippen LogP contribution is -2.40. The predicted octanol–water partition coefficient (Wildman–Crippen LogP) is 1.82. The van der Waals surface area contributed by atoms with E-state index in [1.165, 1.54) is 15.6 Å². The molecule has 1 atom stereocenters. The zero-order chi connectivity index (χ0) is 15.3. The molecule has 0 spiro atoms. The molecule has 1 aromatic rings. The number of nitrogens with zero attached hydrogens (tertiary/aromatic N) is 1. The summed E-state index contributed by atoms with van der Waals surface area (Å²) in [6.45, 7) is 7.16. The second kappa shape index (κ2) is 7.51. The first kappa shape index (κ1) is 17.6. The first-order valence-electron chi connectivity index (χ1n) is 6.63. The van der Waals surface area contributed by atoms with Crippen LogP contribution in [-0.2, 0) is 21.3 Å². The van der Waals surface area contributed by atoms with E-state index in [4.69, 9.17) is 4.74 Å². The van der Waals surface area contributed by atoms with Crippen LogP contribution >= 0.6 is 11.3 Å². The Kier molecular flexibility index (Phi) is 6.60. The van der Waals surface area contributed by atoms with Gasteiger partial charge in [0.15, 0.2) is 0 Å². The minimum atomic E-state index is -3.45. The van der Waals surface area contributed by atoms with Gasteiger partial charge in [-0.15, -0.1) is 11.3 Å². The third kappa shape index (κ3) is 3.79. The summed E-state index contributed by atoms with van der Waals surface area (Å²) in [5, 5.41) is 3.06. The van der Waals surface area contributed by atoms with Crippen LogP contribution in [-0.4, -0.2) is 46.1 Å². The third-order valence-corrected chi connectivity index (χ3v) is 6.88. The second-order valence-corrected chi connectivity index (χ2v) is 7.97. The molecule has 0 fully saturated rings. The molecule has 0 aliphatic carbocycles. The molecule has 0 bridgehead atoms. The summed E-state index contributed by atoms with van der Waals surface area (Å²) in [5.41, 5.74) is 1.01. The molecule has 1 rings (SSSR count). The summed E-state index contributed by atoms with van der Waals surface area (Å²) in [6, 6.07) is 1.58. The maximum absolute atomic E-state index is 12.7. The lowest BCUT2D eigenvalue weighted by atomic mass is 10.3. The van der Waals surface area contributed by atoms with E-state index in [9.17, 15) is 8.42 Å². The molecule has 1 N–H and O–H groups in total. The van der Waals surface area contributed by atoms with Gasteiger partial charge in [0.05, 0.1) is 6.61 Å². The molecule has 1 heterocycles. The van der Waals surface area contributed by atoms with Gasteiger partial charge in [-0.3, -0.25) is 0 Å². The number of methoxy groups -OCH3 is 1. The van der Waals surface area contributed by atoms with Crippen molar-refractivity contribution in [1.82, 2.24) is 9.62 Å². The van der Waals surface area contributed by atoms with E-state index in [-0.39, 0.29) is 6.04 Å². The average Bonchev–Trinajstić information content (AvgIpc) is 2.73. The molecule has 0 radical (unpaired) electrons. The van der Waals surface area contributed by atoms with E-state index in [1.807, 2.05) is 27.8 Å². The van der Waals surface area contributed by atoms with Crippen molar-refractivity contribution in [3.05, 3.63) is 16.5 Å². The van der Waals surface area contributed by atoms with Crippen LogP contribution in [0.25, 0.3) is 0 Å². The largest absolute Gasteiger partial charge is 0.383 e. The van der Waals surface area contributed by atoms with Gasteiger partial charge in [0, 0.05) is 31.1 Å². The van der Waals surface area contributed by atoms with E-state index in [0.717, 1.165) is 10.4 Å². The fourth-order valence-corrected chi connectivity index (χ4v) is 5.47. The predicted molar refractivity (Wildman–Crippen MR) is 82.7 cm³/mol. The number of hydrogen-bond donors (Lipinski definition) is 1. The molecule has 5 nitrogen and oxygen atoms in total. The molecule has 0 aliphatic rings. The van der Waals surface area contributed by atoms with Crippen molar-refractivity contribution >= 4 is 21.4 Å². The lowest BCUT2D eigenvalue weighted by Gasteiger charge is -2.25. The number of nitrogens with one attached hydrogen (secondary N) is 1. The number of ether oxygens (including phenoxy) is 1. The van der Waals surface area contributed by atoms with Crippen LogP contribution < -0.4 is 5.32 Å². The highest BCUT2D eigenvalue weighted by Gasteiger charge is 2.29. The van der Waals surface area contributed by atoms with Gasteiger partial charge < -0.3 is 10.1 Å². The molecule has 0 aromatic carbocycles. The Balaban J connectivity index is 3.10. The maximum Gasteiger partial charge on any atom is 0.252 e. The van der Waals surface area contributed by atoms with Crippen LogP contribution in [0.15, 0.2) is 10.3 Å². The van der Waals surface area contributed by atoms with Crippen LogP contribution in [0.5, 0.6) is 0 Å². The molecule has 0 saturated carbocycles. The van der Waals surface area contributed by atoms with E-state index < -0.39 is 10.0 Å². The zero-order valence-corrected chi connectivity index (χ0v) is 14.4. The minimum absolute atomic E-state index is 0.176. The number of hydrogen-bond acceptors (Lipinski definition) is 5. The molecule has 0 aliphatic heterocycles. The molecule has 0 saturated heterocycles. The summed E-state index contributed by atoms with van der Waals surface area (Å²) >= 11 is 1.34. The van der Waals surface area contributed by atoms with Crippen LogP contribution in [0.3, 0.4) is 0 Å². The molecule has 7 heteroatoms. The highest BCUT2D eigenvalue weighted by atomic mass is 32.2. The first-order chi connectivity index (χ1) is 9.38. The van der Waals surface area contributed by atoms with E-state index >= 15 is 0 Å². The van der Waals surface area contributed by atoms with Gasteiger partial charge in [0.25, 0.3) is 10.0 Å². The number of likely N-dealkylation sites (N-methyl/N-ethyl adjacent to an activating group) is 1. The molecule has 116 valence electrons. The fourth-order valence-electron chi connectivity index (χ4n) is 2.11. The Morgan fingerprint density at radius 1 is 1.50 bits per heavy atom. The summed E-state index contributed by atoms with van der Waals surface area (Å²) in [5.74, 6) is 0. The molecule has 0 amide bonds. The molecule has 20 heavy (non-hydrogen) atoms. The summed E-state index contributed by atoms with van der Waals surface area (Å²) < 4.78 is 32.4. The Hall–Kier alpha value is -0.470. The van der Waals surface area contributed by atoms with Crippen molar-refractivity contribution in [3.8, 4) is 0 Å². The first-order valence-corrected chi connectivity index (χ1v) is 8.88.